The lowest BCUT2D eigenvalue weighted by atomic mass is 9.78. The summed E-state index contributed by atoms with van der Waals surface area (Å²) in [5.74, 6) is 3.14. The second-order valence-electron chi connectivity index (χ2n) is 5.36. The number of nitrogens with zero attached hydrogens (tertiary/aromatic N) is 2. The maximum atomic E-state index is 6.02. The van der Waals surface area contributed by atoms with E-state index in [4.69, 9.17) is 11.6 Å². The molecule has 1 aliphatic carbocycles. The third-order valence-electron chi connectivity index (χ3n) is 4.10. The summed E-state index contributed by atoms with van der Waals surface area (Å²) in [6, 6.07) is 2.33. The molecule has 1 aromatic heterocycles. The minimum atomic E-state index is 0.504. The molecule has 1 heterocycles. The molecular weight excluding hydrogens is 246 g/mol. The summed E-state index contributed by atoms with van der Waals surface area (Å²) in [4.78, 5) is 8.69. The fourth-order valence-electron chi connectivity index (χ4n) is 2.67. The molecule has 3 atom stereocenters. The molecule has 0 aromatic carbocycles. The van der Waals surface area contributed by atoms with Crippen LogP contribution in [0.25, 0.3) is 0 Å². The van der Waals surface area contributed by atoms with Gasteiger partial charge in [-0.05, 0) is 18.3 Å². The number of rotatable bonds is 3. The lowest BCUT2D eigenvalue weighted by Gasteiger charge is -2.35. The summed E-state index contributed by atoms with van der Waals surface area (Å²) in [6.07, 6.45) is 4.66. The van der Waals surface area contributed by atoms with Crippen LogP contribution in [0.4, 0.5) is 5.82 Å². The number of anilines is 1. The van der Waals surface area contributed by atoms with E-state index in [1.807, 2.05) is 13.0 Å². The molecule has 0 amide bonds. The van der Waals surface area contributed by atoms with Crippen LogP contribution < -0.4 is 5.32 Å². The molecule has 1 saturated carbocycles. The highest BCUT2D eigenvalue weighted by Gasteiger charge is 2.27. The van der Waals surface area contributed by atoms with Gasteiger partial charge in [0.2, 0.25) is 0 Å². The first kappa shape index (κ1) is 13.6. The summed E-state index contributed by atoms with van der Waals surface area (Å²) in [5, 5.41) is 4.07. The van der Waals surface area contributed by atoms with E-state index < -0.39 is 0 Å². The van der Waals surface area contributed by atoms with Crippen molar-refractivity contribution >= 4 is 17.4 Å². The van der Waals surface area contributed by atoms with Gasteiger partial charge in [0, 0.05) is 18.5 Å². The van der Waals surface area contributed by atoms with Crippen molar-refractivity contribution in [3.05, 3.63) is 17.0 Å². The van der Waals surface area contributed by atoms with Crippen LogP contribution >= 0.6 is 11.6 Å². The summed E-state index contributed by atoms with van der Waals surface area (Å²) in [5.41, 5.74) is 0. The standard InChI is InChI=1S/C14H22ClN3/c1-4-13-17-12(15)8-14(18-13)16-11-7-5-6-9(2)10(11)3/h8-11H,4-7H2,1-3H3,(H,16,17,18). The SMILES string of the molecule is CCc1nc(Cl)cc(NC2CCCC(C)C2C)n1. The molecule has 0 bridgehead atoms. The normalized spacial score (nSPS) is 28.1. The zero-order valence-corrected chi connectivity index (χ0v) is 12.2. The van der Waals surface area contributed by atoms with Crippen LogP contribution in [0.5, 0.6) is 0 Å². The van der Waals surface area contributed by atoms with Gasteiger partial charge in [0.1, 0.15) is 16.8 Å². The predicted molar refractivity (Wildman–Crippen MR) is 76.0 cm³/mol. The van der Waals surface area contributed by atoms with Crippen LogP contribution in [-0.4, -0.2) is 16.0 Å². The van der Waals surface area contributed by atoms with Crippen molar-refractivity contribution in [1.82, 2.24) is 9.97 Å². The number of halogens is 1. The predicted octanol–water partition coefficient (Wildman–Crippen LogP) is 3.93. The van der Waals surface area contributed by atoms with E-state index in [-0.39, 0.29) is 0 Å². The van der Waals surface area contributed by atoms with Gasteiger partial charge in [-0.2, -0.15) is 0 Å². The molecule has 0 spiro atoms. The van der Waals surface area contributed by atoms with Crippen LogP contribution in [0.1, 0.15) is 45.9 Å². The van der Waals surface area contributed by atoms with Crippen molar-refractivity contribution < 1.29 is 0 Å². The number of aromatic nitrogens is 2. The number of hydrogen-bond donors (Lipinski definition) is 1. The molecule has 2 rings (SSSR count). The van der Waals surface area contributed by atoms with Gasteiger partial charge >= 0.3 is 0 Å². The fraction of sp³-hybridized carbons (Fsp3) is 0.714. The molecular formula is C14H22ClN3. The molecule has 3 unspecified atom stereocenters. The number of hydrogen-bond acceptors (Lipinski definition) is 3. The third-order valence-corrected chi connectivity index (χ3v) is 4.29. The Morgan fingerprint density at radius 1 is 1.33 bits per heavy atom. The Balaban J connectivity index is 2.10. The Hall–Kier alpha value is -0.830. The van der Waals surface area contributed by atoms with E-state index in [9.17, 15) is 0 Å². The molecule has 1 aromatic rings. The maximum absolute atomic E-state index is 6.02. The molecule has 1 N–H and O–H groups in total. The van der Waals surface area contributed by atoms with Crippen LogP contribution in [0.3, 0.4) is 0 Å². The Labute approximate surface area is 114 Å². The van der Waals surface area contributed by atoms with Crippen molar-refractivity contribution in [3.63, 3.8) is 0 Å². The molecule has 1 aliphatic rings. The molecule has 4 heteroatoms. The topological polar surface area (TPSA) is 37.8 Å². The third kappa shape index (κ3) is 3.14. The molecule has 18 heavy (non-hydrogen) atoms. The first-order valence-corrected chi connectivity index (χ1v) is 7.28. The fourth-order valence-corrected chi connectivity index (χ4v) is 2.87. The smallest absolute Gasteiger partial charge is 0.134 e. The van der Waals surface area contributed by atoms with E-state index in [1.165, 1.54) is 19.3 Å². The highest BCUT2D eigenvalue weighted by molar-refractivity contribution is 6.29. The van der Waals surface area contributed by atoms with Gasteiger partial charge < -0.3 is 5.32 Å². The van der Waals surface area contributed by atoms with Crippen molar-refractivity contribution in [2.45, 2.75) is 52.5 Å². The second-order valence-corrected chi connectivity index (χ2v) is 5.75. The number of nitrogens with one attached hydrogen (secondary N) is 1. The van der Waals surface area contributed by atoms with E-state index >= 15 is 0 Å². The van der Waals surface area contributed by atoms with Gasteiger partial charge in [-0.25, -0.2) is 9.97 Å². The van der Waals surface area contributed by atoms with E-state index in [2.05, 4.69) is 29.1 Å². The highest BCUT2D eigenvalue weighted by atomic mass is 35.5. The van der Waals surface area contributed by atoms with Crippen LogP contribution in [0.2, 0.25) is 5.15 Å². The quantitative estimate of drug-likeness (QED) is 0.844. The van der Waals surface area contributed by atoms with E-state index in [0.717, 1.165) is 24.0 Å². The first-order valence-electron chi connectivity index (χ1n) is 6.90. The Bertz CT molecular complexity index is 408. The monoisotopic (exact) mass is 267 g/mol. The second kappa shape index (κ2) is 5.87. The van der Waals surface area contributed by atoms with E-state index in [1.54, 1.807) is 0 Å². The van der Waals surface area contributed by atoms with Crippen LogP contribution in [0.15, 0.2) is 6.07 Å². The van der Waals surface area contributed by atoms with Crippen molar-refractivity contribution in [3.8, 4) is 0 Å². The first-order chi connectivity index (χ1) is 8.60. The molecule has 3 nitrogen and oxygen atoms in total. The molecule has 100 valence electrons. The lowest BCUT2D eigenvalue weighted by molar-refractivity contribution is 0.253. The van der Waals surface area contributed by atoms with Crippen molar-refractivity contribution in [2.75, 3.05) is 5.32 Å². The molecule has 1 fully saturated rings. The average molecular weight is 268 g/mol. The maximum Gasteiger partial charge on any atom is 0.134 e. The van der Waals surface area contributed by atoms with Gasteiger partial charge in [0.15, 0.2) is 0 Å². The average Bonchev–Trinajstić information content (AvgIpc) is 2.34. The van der Waals surface area contributed by atoms with E-state index in [0.29, 0.717) is 17.1 Å². The molecule has 0 saturated heterocycles. The van der Waals surface area contributed by atoms with Gasteiger partial charge in [-0.15, -0.1) is 0 Å². The van der Waals surface area contributed by atoms with Gasteiger partial charge in [-0.3, -0.25) is 0 Å². The number of aryl methyl sites for hydroxylation is 1. The van der Waals surface area contributed by atoms with Crippen LogP contribution in [-0.2, 0) is 6.42 Å². The van der Waals surface area contributed by atoms with Crippen molar-refractivity contribution in [2.24, 2.45) is 11.8 Å². The summed E-state index contributed by atoms with van der Waals surface area (Å²) >= 11 is 6.02. The lowest BCUT2D eigenvalue weighted by Crippen LogP contribution is -2.35. The van der Waals surface area contributed by atoms with Gasteiger partial charge in [0.25, 0.3) is 0 Å². The molecule has 0 radical (unpaired) electrons. The zero-order chi connectivity index (χ0) is 13.1. The van der Waals surface area contributed by atoms with Gasteiger partial charge in [-0.1, -0.05) is 45.2 Å². The largest absolute Gasteiger partial charge is 0.367 e. The summed E-state index contributed by atoms with van der Waals surface area (Å²) < 4.78 is 0. The Morgan fingerprint density at radius 3 is 2.83 bits per heavy atom. The Morgan fingerprint density at radius 2 is 2.11 bits per heavy atom. The highest BCUT2D eigenvalue weighted by Crippen LogP contribution is 2.31. The summed E-state index contributed by atoms with van der Waals surface area (Å²) in [7, 11) is 0. The minimum absolute atomic E-state index is 0.504. The van der Waals surface area contributed by atoms with Crippen molar-refractivity contribution in [1.29, 1.82) is 0 Å². The van der Waals surface area contributed by atoms with Crippen LogP contribution in [0, 0.1) is 11.8 Å². The Kier molecular flexibility index (Phi) is 4.44. The minimum Gasteiger partial charge on any atom is -0.367 e. The zero-order valence-electron chi connectivity index (χ0n) is 11.4. The molecule has 0 aliphatic heterocycles. The summed E-state index contributed by atoms with van der Waals surface area (Å²) in [6.45, 7) is 6.70. The van der Waals surface area contributed by atoms with Gasteiger partial charge in [0.05, 0.1) is 0 Å².